The molecule has 42 heavy (non-hydrogen) atoms. The van der Waals surface area contributed by atoms with Gasteiger partial charge in [-0.25, -0.2) is 14.8 Å². The fraction of sp³-hybridized carbons (Fsp3) is 0.455. The van der Waals surface area contributed by atoms with Gasteiger partial charge < -0.3 is 14.7 Å². The Labute approximate surface area is 247 Å². The van der Waals surface area contributed by atoms with Crippen LogP contribution in [0.3, 0.4) is 0 Å². The van der Waals surface area contributed by atoms with Crippen LogP contribution in [0.4, 0.5) is 0 Å². The van der Waals surface area contributed by atoms with Crippen molar-refractivity contribution in [1.82, 2.24) is 14.9 Å². The predicted molar refractivity (Wildman–Crippen MR) is 158 cm³/mol. The van der Waals surface area contributed by atoms with Crippen LogP contribution in [0.25, 0.3) is 5.70 Å². The number of hydrogen-bond donors (Lipinski definition) is 1. The third-order valence-electron chi connectivity index (χ3n) is 7.88. The van der Waals surface area contributed by atoms with Gasteiger partial charge in [0.15, 0.2) is 6.10 Å². The third kappa shape index (κ3) is 6.90. The topological polar surface area (TPSA) is 107 Å². The number of aliphatic hydroxyl groups is 1. The van der Waals surface area contributed by atoms with E-state index in [1.165, 1.54) is 28.8 Å². The first-order valence-electron chi connectivity index (χ1n) is 14.7. The normalized spacial score (nSPS) is 19.2. The van der Waals surface area contributed by atoms with E-state index >= 15 is 0 Å². The van der Waals surface area contributed by atoms with Crippen molar-refractivity contribution in [1.29, 1.82) is 0 Å². The van der Waals surface area contributed by atoms with E-state index < -0.39 is 42.1 Å². The van der Waals surface area contributed by atoms with Crippen LogP contribution in [0.1, 0.15) is 70.9 Å². The van der Waals surface area contributed by atoms with E-state index in [1.54, 1.807) is 44.3 Å². The molecule has 1 fully saturated rings. The Morgan fingerprint density at radius 3 is 2.10 bits per heavy atom. The van der Waals surface area contributed by atoms with Crippen LogP contribution in [0, 0.1) is 5.92 Å². The number of ether oxygens (including phenoxy) is 1. The summed E-state index contributed by atoms with van der Waals surface area (Å²) < 4.78 is 5.35. The minimum atomic E-state index is -1.75. The Hall–Kier alpha value is -3.98. The van der Waals surface area contributed by atoms with Crippen molar-refractivity contribution in [2.75, 3.05) is 0 Å². The van der Waals surface area contributed by atoms with Crippen molar-refractivity contribution in [2.24, 2.45) is 5.92 Å². The van der Waals surface area contributed by atoms with Crippen molar-refractivity contribution in [3.63, 3.8) is 0 Å². The molecule has 1 aliphatic heterocycles. The van der Waals surface area contributed by atoms with Crippen molar-refractivity contribution < 1.29 is 29.0 Å². The summed E-state index contributed by atoms with van der Waals surface area (Å²) in [6, 6.07) is 16.2. The first-order chi connectivity index (χ1) is 20.1. The van der Waals surface area contributed by atoms with E-state index in [0.717, 1.165) is 37.7 Å². The van der Waals surface area contributed by atoms with Crippen LogP contribution in [-0.2, 0) is 30.3 Å². The molecule has 1 heterocycles. The summed E-state index contributed by atoms with van der Waals surface area (Å²) in [7, 11) is 0. The molecule has 2 aliphatic rings. The van der Waals surface area contributed by atoms with Crippen LogP contribution < -0.4 is 0 Å². The lowest BCUT2D eigenvalue weighted by atomic mass is 9.82. The molecule has 0 bridgehead atoms. The number of rotatable bonds is 9. The van der Waals surface area contributed by atoms with Crippen molar-refractivity contribution >= 4 is 29.4 Å². The fourth-order valence-corrected chi connectivity index (χ4v) is 5.99. The Bertz CT molecular complexity index is 1290. The molecule has 224 valence electrons. The molecule has 3 amide bonds. The van der Waals surface area contributed by atoms with Gasteiger partial charge in [0.05, 0.1) is 17.8 Å². The van der Waals surface area contributed by atoms with Crippen molar-refractivity contribution in [3.8, 4) is 0 Å². The number of esters is 1. The monoisotopic (exact) mass is 575 g/mol. The van der Waals surface area contributed by atoms with Crippen LogP contribution in [0.5, 0.6) is 0 Å². The molecule has 0 aromatic heterocycles. The van der Waals surface area contributed by atoms with Crippen molar-refractivity contribution in [2.45, 2.75) is 90.5 Å². The Morgan fingerprint density at radius 2 is 1.55 bits per heavy atom. The second kappa shape index (κ2) is 13.8. The number of amides is 3. The molecule has 2 aromatic rings. The summed E-state index contributed by atoms with van der Waals surface area (Å²) in [6.07, 6.45) is 3.97. The highest BCUT2D eigenvalue weighted by atomic mass is 16.6. The van der Waals surface area contributed by atoms with E-state index in [1.807, 2.05) is 36.4 Å². The lowest BCUT2D eigenvalue weighted by Crippen LogP contribution is -2.65. The average molecular weight is 576 g/mol. The van der Waals surface area contributed by atoms with Gasteiger partial charge in [0.2, 0.25) is 11.8 Å². The van der Waals surface area contributed by atoms with Crippen LogP contribution >= 0.6 is 0 Å². The Balaban J connectivity index is 1.89. The SMILES string of the molecule is CC(=O)N1C=C(c2ccccc2)N(N(C(C)=O)[C@@H](Cc2ccccc2)C(O)C(=O)OC(C)C)C(=O)C1C1CCCCC1. The highest BCUT2D eigenvalue weighted by molar-refractivity contribution is 5.98. The number of nitrogens with zero attached hydrogens (tertiary/aromatic N) is 3. The number of benzene rings is 2. The predicted octanol–water partition coefficient (Wildman–Crippen LogP) is 4.31. The van der Waals surface area contributed by atoms with Crippen LogP contribution in [0.2, 0.25) is 0 Å². The van der Waals surface area contributed by atoms with E-state index in [0.29, 0.717) is 11.3 Å². The number of hydrazine groups is 1. The molecule has 1 aliphatic carbocycles. The summed E-state index contributed by atoms with van der Waals surface area (Å²) in [6.45, 7) is 6.09. The molecular formula is C33H41N3O6. The van der Waals surface area contributed by atoms with Crippen LogP contribution in [0.15, 0.2) is 66.9 Å². The molecule has 9 nitrogen and oxygen atoms in total. The zero-order valence-corrected chi connectivity index (χ0v) is 24.8. The average Bonchev–Trinajstić information content (AvgIpc) is 2.97. The highest BCUT2D eigenvalue weighted by Crippen LogP contribution is 2.37. The second-order valence-corrected chi connectivity index (χ2v) is 11.4. The summed E-state index contributed by atoms with van der Waals surface area (Å²) in [5, 5.41) is 13.9. The molecule has 0 saturated heterocycles. The van der Waals surface area contributed by atoms with Gasteiger partial charge in [0, 0.05) is 25.6 Å². The Kier molecular flexibility index (Phi) is 10.2. The zero-order chi connectivity index (χ0) is 30.4. The first kappa shape index (κ1) is 31.0. The summed E-state index contributed by atoms with van der Waals surface area (Å²) in [5.74, 6) is -2.25. The highest BCUT2D eigenvalue weighted by Gasteiger charge is 2.48. The van der Waals surface area contributed by atoms with Gasteiger partial charge in [0.25, 0.3) is 5.91 Å². The molecule has 0 spiro atoms. The van der Waals surface area contributed by atoms with Gasteiger partial charge in [-0.3, -0.25) is 14.4 Å². The maximum Gasteiger partial charge on any atom is 0.337 e. The van der Waals surface area contributed by atoms with E-state index in [2.05, 4.69) is 0 Å². The molecule has 1 saturated carbocycles. The number of carbonyl (C=O) groups excluding carboxylic acids is 4. The Morgan fingerprint density at radius 1 is 0.952 bits per heavy atom. The van der Waals surface area contributed by atoms with Crippen LogP contribution in [-0.4, -0.2) is 68.0 Å². The third-order valence-corrected chi connectivity index (χ3v) is 7.88. The molecular weight excluding hydrogens is 534 g/mol. The molecule has 4 rings (SSSR count). The van der Waals surface area contributed by atoms with E-state index in [-0.39, 0.29) is 18.2 Å². The second-order valence-electron chi connectivity index (χ2n) is 11.4. The quantitative estimate of drug-likeness (QED) is 0.447. The molecule has 2 aromatic carbocycles. The molecule has 0 radical (unpaired) electrons. The van der Waals surface area contributed by atoms with Gasteiger partial charge >= 0.3 is 5.97 Å². The van der Waals surface area contributed by atoms with E-state index in [9.17, 15) is 24.3 Å². The summed E-state index contributed by atoms with van der Waals surface area (Å²) in [4.78, 5) is 55.9. The summed E-state index contributed by atoms with van der Waals surface area (Å²) >= 11 is 0. The standard InChI is InChI=1S/C33H41N3O6/c1-22(2)42-33(41)31(39)28(20-25-14-8-5-9-15-25)35(24(4)38)36-29(26-16-10-6-11-17-26)21-34(23(3)37)30(32(36)40)27-18-12-7-13-19-27/h5-6,8-11,14-17,21-22,27-28,30-31,39H,7,12-13,18-20H2,1-4H3/t28-,30?,31?/m0/s1. The van der Waals surface area contributed by atoms with Gasteiger partial charge in [-0.1, -0.05) is 79.9 Å². The number of carbonyl (C=O) groups is 4. The van der Waals surface area contributed by atoms with Gasteiger partial charge in [-0.05, 0) is 44.6 Å². The van der Waals surface area contributed by atoms with Gasteiger partial charge in [0.1, 0.15) is 6.04 Å². The zero-order valence-electron chi connectivity index (χ0n) is 24.8. The van der Waals surface area contributed by atoms with Crippen molar-refractivity contribution in [3.05, 3.63) is 78.0 Å². The lowest BCUT2D eigenvalue weighted by Gasteiger charge is -2.48. The molecule has 9 heteroatoms. The van der Waals surface area contributed by atoms with Gasteiger partial charge in [-0.2, -0.15) is 0 Å². The number of hydrogen-bond acceptors (Lipinski definition) is 6. The molecule has 1 N–H and O–H groups in total. The minimum absolute atomic E-state index is 0.0746. The van der Waals surface area contributed by atoms with Gasteiger partial charge in [-0.15, -0.1) is 0 Å². The minimum Gasteiger partial charge on any atom is -0.461 e. The first-order valence-corrected chi connectivity index (χ1v) is 14.7. The lowest BCUT2D eigenvalue weighted by molar-refractivity contribution is -0.178. The maximum absolute atomic E-state index is 14.7. The largest absolute Gasteiger partial charge is 0.461 e. The number of aliphatic hydroxyl groups excluding tert-OH is 1. The summed E-state index contributed by atoms with van der Waals surface area (Å²) in [5.41, 5.74) is 1.66. The molecule has 2 unspecified atom stereocenters. The maximum atomic E-state index is 14.7. The molecule has 3 atom stereocenters. The van der Waals surface area contributed by atoms with E-state index in [4.69, 9.17) is 4.74 Å². The fourth-order valence-electron chi connectivity index (χ4n) is 5.99. The smallest absolute Gasteiger partial charge is 0.337 e.